The van der Waals surface area contributed by atoms with Crippen molar-refractivity contribution in [2.75, 3.05) is 0 Å². The van der Waals surface area contributed by atoms with E-state index in [4.69, 9.17) is 23.2 Å². The van der Waals surface area contributed by atoms with Gasteiger partial charge in [0.1, 0.15) is 0 Å². The summed E-state index contributed by atoms with van der Waals surface area (Å²) < 4.78 is 2.24. The summed E-state index contributed by atoms with van der Waals surface area (Å²) in [6.45, 7) is 0. The van der Waals surface area contributed by atoms with Crippen molar-refractivity contribution in [1.29, 1.82) is 0 Å². The van der Waals surface area contributed by atoms with E-state index in [2.05, 4.69) is 10.8 Å². The molecule has 0 spiro atoms. The SMILES string of the molecule is Clc1ccc(Cl)c2c1ccn2C1CC1. The Morgan fingerprint density at radius 1 is 1.07 bits per heavy atom. The highest BCUT2D eigenvalue weighted by Gasteiger charge is 2.25. The number of hydrogen-bond acceptors (Lipinski definition) is 0. The maximum Gasteiger partial charge on any atom is 0.0687 e. The molecule has 1 nitrogen and oxygen atoms in total. The monoisotopic (exact) mass is 225 g/mol. The van der Waals surface area contributed by atoms with E-state index < -0.39 is 0 Å². The number of fused-ring (bicyclic) bond motifs is 1. The maximum atomic E-state index is 6.17. The van der Waals surface area contributed by atoms with E-state index in [1.807, 2.05) is 18.2 Å². The predicted molar refractivity (Wildman–Crippen MR) is 60.2 cm³/mol. The van der Waals surface area contributed by atoms with Crippen molar-refractivity contribution in [3.8, 4) is 0 Å². The molecule has 3 rings (SSSR count). The number of rotatable bonds is 1. The molecule has 1 saturated carbocycles. The Morgan fingerprint density at radius 3 is 2.50 bits per heavy atom. The minimum atomic E-state index is 0.642. The van der Waals surface area contributed by atoms with Crippen molar-refractivity contribution >= 4 is 34.1 Å². The number of aromatic nitrogens is 1. The van der Waals surface area contributed by atoms with Crippen LogP contribution in [0.5, 0.6) is 0 Å². The molecule has 0 aliphatic heterocycles. The molecule has 1 heterocycles. The van der Waals surface area contributed by atoms with E-state index in [-0.39, 0.29) is 0 Å². The predicted octanol–water partition coefficient (Wildman–Crippen LogP) is 4.28. The summed E-state index contributed by atoms with van der Waals surface area (Å²) in [7, 11) is 0. The molecular weight excluding hydrogens is 217 g/mol. The van der Waals surface area contributed by atoms with E-state index in [9.17, 15) is 0 Å². The zero-order valence-electron chi connectivity index (χ0n) is 7.50. The van der Waals surface area contributed by atoms with Gasteiger partial charge in [0.25, 0.3) is 0 Å². The first kappa shape index (κ1) is 8.63. The fourth-order valence-corrected chi connectivity index (χ4v) is 2.34. The number of hydrogen-bond donors (Lipinski definition) is 0. The van der Waals surface area contributed by atoms with E-state index >= 15 is 0 Å². The molecule has 0 unspecified atom stereocenters. The average molecular weight is 226 g/mol. The molecule has 3 heteroatoms. The van der Waals surface area contributed by atoms with Gasteiger partial charge in [-0.1, -0.05) is 23.2 Å². The molecular formula is C11H9Cl2N. The van der Waals surface area contributed by atoms with Crippen LogP contribution in [0.4, 0.5) is 0 Å². The summed E-state index contributed by atoms with van der Waals surface area (Å²) in [5, 5.41) is 2.64. The van der Waals surface area contributed by atoms with Crippen molar-refractivity contribution in [3.05, 3.63) is 34.4 Å². The Labute approximate surface area is 92.2 Å². The van der Waals surface area contributed by atoms with Crippen LogP contribution in [0.3, 0.4) is 0 Å². The van der Waals surface area contributed by atoms with Crippen LogP contribution in [0.15, 0.2) is 24.4 Å². The molecule has 1 aliphatic rings. The molecule has 1 fully saturated rings. The van der Waals surface area contributed by atoms with Gasteiger partial charge in [-0.25, -0.2) is 0 Å². The lowest BCUT2D eigenvalue weighted by Gasteiger charge is -2.04. The van der Waals surface area contributed by atoms with Gasteiger partial charge < -0.3 is 4.57 Å². The van der Waals surface area contributed by atoms with Crippen molar-refractivity contribution < 1.29 is 0 Å². The minimum absolute atomic E-state index is 0.642. The standard InChI is InChI=1S/C11H9Cl2N/c12-9-3-4-10(13)11-8(9)5-6-14(11)7-1-2-7/h3-7H,1-2H2. The van der Waals surface area contributed by atoms with Gasteiger partial charge in [-0.05, 0) is 31.0 Å². The second-order valence-electron chi connectivity index (χ2n) is 3.75. The van der Waals surface area contributed by atoms with Crippen LogP contribution in [0.25, 0.3) is 10.9 Å². The summed E-state index contributed by atoms with van der Waals surface area (Å²) >= 11 is 12.3. The van der Waals surface area contributed by atoms with Crippen molar-refractivity contribution in [2.45, 2.75) is 18.9 Å². The molecule has 0 saturated heterocycles. The van der Waals surface area contributed by atoms with Gasteiger partial charge in [0.2, 0.25) is 0 Å². The summed E-state index contributed by atoms with van der Waals surface area (Å²) in [5.41, 5.74) is 1.08. The third kappa shape index (κ3) is 1.16. The highest BCUT2D eigenvalue weighted by atomic mass is 35.5. The third-order valence-electron chi connectivity index (χ3n) is 2.71. The Bertz CT molecular complexity index is 497. The molecule has 2 aromatic rings. The first-order valence-electron chi connectivity index (χ1n) is 4.72. The molecule has 1 aliphatic carbocycles. The van der Waals surface area contributed by atoms with Crippen LogP contribution in [-0.2, 0) is 0 Å². The van der Waals surface area contributed by atoms with E-state index in [1.165, 1.54) is 12.8 Å². The van der Waals surface area contributed by atoms with Crippen LogP contribution in [0.1, 0.15) is 18.9 Å². The van der Waals surface area contributed by atoms with Crippen LogP contribution < -0.4 is 0 Å². The second-order valence-corrected chi connectivity index (χ2v) is 4.56. The van der Waals surface area contributed by atoms with Crippen LogP contribution in [0.2, 0.25) is 10.0 Å². The quantitative estimate of drug-likeness (QED) is 0.683. The molecule has 0 atom stereocenters. The van der Waals surface area contributed by atoms with Gasteiger partial charge in [-0.3, -0.25) is 0 Å². The van der Waals surface area contributed by atoms with Crippen molar-refractivity contribution in [2.24, 2.45) is 0 Å². The lowest BCUT2D eigenvalue weighted by atomic mass is 10.2. The number of benzene rings is 1. The topological polar surface area (TPSA) is 4.93 Å². The zero-order valence-corrected chi connectivity index (χ0v) is 9.02. The zero-order chi connectivity index (χ0) is 9.71. The van der Waals surface area contributed by atoms with Gasteiger partial charge >= 0.3 is 0 Å². The molecule has 72 valence electrons. The van der Waals surface area contributed by atoms with E-state index in [0.29, 0.717) is 6.04 Å². The summed E-state index contributed by atoms with van der Waals surface area (Å²) in [5.74, 6) is 0. The molecule has 0 bridgehead atoms. The van der Waals surface area contributed by atoms with Crippen molar-refractivity contribution in [3.63, 3.8) is 0 Å². The van der Waals surface area contributed by atoms with Gasteiger partial charge in [-0.15, -0.1) is 0 Å². The van der Waals surface area contributed by atoms with Gasteiger partial charge in [-0.2, -0.15) is 0 Å². The van der Waals surface area contributed by atoms with E-state index in [0.717, 1.165) is 20.9 Å². The highest BCUT2D eigenvalue weighted by Crippen LogP contribution is 2.41. The first-order chi connectivity index (χ1) is 6.77. The molecule has 14 heavy (non-hydrogen) atoms. The fourth-order valence-electron chi connectivity index (χ4n) is 1.86. The Balaban J connectivity index is 2.37. The fraction of sp³-hybridized carbons (Fsp3) is 0.273. The van der Waals surface area contributed by atoms with Crippen LogP contribution in [0, 0.1) is 0 Å². The first-order valence-corrected chi connectivity index (χ1v) is 5.47. The lowest BCUT2D eigenvalue weighted by Crippen LogP contribution is -1.90. The maximum absolute atomic E-state index is 6.17. The molecule has 1 aromatic carbocycles. The number of halogens is 2. The summed E-state index contributed by atoms with van der Waals surface area (Å²) in [4.78, 5) is 0. The van der Waals surface area contributed by atoms with Crippen LogP contribution in [-0.4, -0.2) is 4.57 Å². The lowest BCUT2D eigenvalue weighted by molar-refractivity contribution is 0.776. The van der Waals surface area contributed by atoms with Crippen molar-refractivity contribution in [1.82, 2.24) is 4.57 Å². The minimum Gasteiger partial charge on any atom is -0.343 e. The normalized spacial score (nSPS) is 16.4. The second kappa shape index (κ2) is 2.91. The van der Waals surface area contributed by atoms with Gasteiger partial charge in [0.05, 0.1) is 15.6 Å². The molecule has 0 N–H and O–H groups in total. The molecule has 0 amide bonds. The summed E-state index contributed by atoms with van der Waals surface area (Å²) in [6.07, 6.45) is 4.60. The Morgan fingerprint density at radius 2 is 1.79 bits per heavy atom. The highest BCUT2D eigenvalue weighted by molar-refractivity contribution is 6.40. The van der Waals surface area contributed by atoms with Crippen LogP contribution >= 0.6 is 23.2 Å². The van der Waals surface area contributed by atoms with E-state index in [1.54, 1.807) is 0 Å². The Kier molecular flexibility index (Phi) is 1.80. The largest absolute Gasteiger partial charge is 0.343 e. The average Bonchev–Trinajstić information content (AvgIpc) is 2.91. The smallest absolute Gasteiger partial charge is 0.0687 e. The van der Waals surface area contributed by atoms with Gasteiger partial charge in [0.15, 0.2) is 0 Å². The Hall–Kier alpha value is -0.660. The molecule has 1 aromatic heterocycles. The molecule has 0 radical (unpaired) electrons. The third-order valence-corrected chi connectivity index (χ3v) is 3.35. The number of nitrogens with zero attached hydrogens (tertiary/aromatic N) is 1. The summed E-state index contributed by atoms with van der Waals surface area (Å²) in [6, 6.07) is 6.40. The van der Waals surface area contributed by atoms with Gasteiger partial charge in [0, 0.05) is 17.6 Å².